The Hall–Kier alpha value is -2.09. The molecular formula is C17H21F3N2O3. The lowest BCUT2D eigenvalue weighted by Crippen LogP contribution is -2.35. The molecule has 1 saturated heterocycles. The highest BCUT2D eigenvalue weighted by Gasteiger charge is 2.34. The zero-order chi connectivity index (χ0) is 18.4. The quantitative estimate of drug-likeness (QED) is 0.759. The first kappa shape index (κ1) is 19.2. The maximum atomic E-state index is 12.0. The molecule has 1 unspecified atom stereocenters. The Morgan fingerprint density at radius 2 is 2.00 bits per heavy atom. The van der Waals surface area contributed by atoms with Crippen molar-refractivity contribution in [1.82, 2.24) is 10.2 Å². The van der Waals surface area contributed by atoms with E-state index >= 15 is 0 Å². The summed E-state index contributed by atoms with van der Waals surface area (Å²) in [6.07, 6.45) is -4.26. The molecule has 0 bridgehead atoms. The van der Waals surface area contributed by atoms with Gasteiger partial charge in [0.2, 0.25) is 11.8 Å². The van der Waals surface area contributed by atoms with Crippen molar-refractivity contribution in [3.63, 3.8) is 0 Å². The number of rotatable bonds is 7. The molecule has 0 spiro atoms. The van der Waals surface area contributed by atoms with Crippen LogP contribution in [0.25, 0.3) is 0 Å². The van der Waals surface area contributed by atoms with E-state index in [1.165, 1.54) is 0 Å². The molecule has 1 aliphatic heterocycles. The Balaban J connectivity index is 1.73. The number of aryl methyl sites for hydroxylation is 1. The number of hydrogen-bond acceptors (Lipinski definition) is 3. The van der Waals surface area contributed by atoms with Crippen LogP contribution in [0, 0.1) is 12.8 Å². The average molecular weight is 358 g/mol. The number of carbonyl (C=O) groups excluding carboxylic acids is 2. The normalized spacial score (nSPS) is 17.8. The van der Waals surface area contributed by atoms with Crippen molar-refractivity contribution in [1.29, 1.82) is 0 Å². The van der Waals surface area contributed by atoms with E-state index in [9.17, 15) is 22.8 Å². The fourth-order valence-corrected chi connectivity index (χ4v) is 2.59. The number of ether oxygens (including phenoxy) is 1. The second-order valence-electron chi connectivity index (χ2n) is 6.12. The van der Waals surface area contributed by atoms with E-state index in [0.29, 0.717) is 13.1 Å². The van der Waals surface area contributed by atoms with Crippen molar-refractivity contribution < 1.29 is 27.5 Å². The summed E-state index contributed by atoms with van der Waals surface area (Å²) < 4.78 is 40.2. The predicted molar refractivity (Wildman–Crippen MR) is 84.6 cm³/mol. The van der Waals surface area contributed by atoms with Crippen molar-refractivity contribution in [2.45, 2.75) is 26.1 Å². The minimum Gasteiger partial charge on any atom is -0.370 e. The number of benzene rings is 1. The summed E-state index contributed by atoms with van der Waals surface area (Å²) in [4.78, 5) is 25.7. The van der Waals surface area contributed by atoms with E-state index < -0.39 is 18.7 Å². The Morgan fingerprint density at radius 1 is 1.32 bits per heavy atom. The molecule has 1 aromatic carbocycles. The van der Waals surface area contributed by atoms with Crippen LogP contribution in [0.1, 0.15) is 17.5 Å². The van der Waals surface area contributed by atoms with Crippen LogP contribution in [0.4, 0.5) is 13.2 Å². The van der Waals surface area contributed by atoms with Crippen LogP contribution in [-0.2, 0) is 20.9 Å². The first-order valence-corrected chi connectivity index (χ1v) is 8.00. The van der Waals surface area contributed by atoms with Crippen LogP contribution in [0.3, 0.4) is 0 Å². The molecule has 8 heteroatoms. The lowest BCUT2D eigenvalue weighted by Gasteiger charge is -2.17. The second-order valence-corrected chi connectivity index (χ2v) is 6.12. The zero-order valence-electron chi connectivity index (χ0n) is 13.9. The number of alkyl halides is 3. The average Bonchev–Trinajstić information content (AvgIpc) is 2.89. The van der Waals surface area contributed by atoms with Gasteiger partial charge in [-0.1, -0.05) is 29.8 Å². The topological polar surface area (TPSA) is 58.6 Å². The number of carbonyl (C=O) groups is 2. The molecule has 25 heavy (non-hydrogen) atoms. The Labute approximate surface area is 144 Å². The van der Waals surface area contributed by atoms with Gasteiger partial charge in [-0.2, -0.15) is 13.2 Å². The van der Waals surface area contributed by atoms with Crippen molar-refractivity contribution >= 4 is 11.8 Å². The molecule has 0 aliphatic carbocycles. The fourth-order valence-electron chi connectivity index (χ4n) is 2.59. The Morgan fingerprint density at radius 3 is 2.64 bits per heavy atom. The van der Waals surface area contributed by atoms with E-state index in [1.807, 2.05) is 31.2 Å². The lowest BCUT2D eigenvalue weighted by molar-refractivity contribution is -0.173. The van der Waals surface area contributed by atoms with Gasteiger partial charge in [0, 0.05) is 26.1 Å². The van der Waals surface area contributed by atoms with Gasteiger partial charge in [-0.15, -0.1) is 0 Å². The molecule has 5 nitrogen and oxygen atoms in total. The van der Waals surface area contributed by atoms with Gasteiger partial charge in [-0.05, 0) is 12.5 Å². The molecule has 1 aliphatic rings. The van der Waals surface area contributed by atoms with Gasteiger partial charge in [-0.3, -0.25) is 9.59 Å². The number of likely N-dealkylation sites (tertiary alicyclic amines) is 1. The summed E-state index contributed by atoms with van der Waals surface area (Å²) in [6, 6.07) is 7.80. The molecular weight excluding hydrogens is 337 g/mol. The van der Waals surface area contributed by atoms with Crippen LogP contribution >= 0.6 is 0 Å². The van der Waals surface area contributed by atoms with Gasteiger partial charge in [0.05, 0.1) is 12.5 Å². The zero-order valence-corrected chi connectivity index (χ0v) is 13.9. The summed E-state index contributed by atoms with van der Waals surface area (Å²) in [5, 5.41) is 2.51. The van der Waals surface area contributed by atoms with Gasteiger partial charge in [0.15, 0.2) is 0 Å². The summed E-state index contributed by atoms with van der Waals surface area (Å²) >= 11 is 0. The molecule has 0 aromatic heterocycles. The summed E-state index contributed by atoms with van der Waals surface area (Å²) in [7, 11) is 0. The van der Waals surface area contributed by atoms with Crippen LogP contribution in [0.15, 0.2) is 24.3 Å². The van der Waals surface area contributed by atoms with Crippen molar-refractivity contribution in [2.75, 3.05) is 26.3 Å². The van der Waals surface area contributed by atoms with Gasteiger partial charge in [0.25, 0.3) is 0 Å². The molecule has 1 atom stereocenters. The highest BCUT2D eigenvalue weighted by atomic mass is 19.4. The highest BCUT2D eigenvalue weighted by molar-refractivity contribution is 5.89. The Kier molecular flexibility index (Phi) is 6.41. The summed E-state index contributed by atoms with van der Waals surface area (Å²) in [6.45, 7) is 1.15. The molecule has 2 rings (SSSR count). The number of halogens is 3. The maximum Gasteiger partial charge on any atom is 0.411 e. The molecule has 1 N–H and O–H groups in total. The number of nitrogens with one attached hydrogen (secondary N) is 1. The Bertz CT molecular complexity index is 602. The van der Waals surface area contributed by atoms with Gasteiger partial charge >= 0.3 is 6.18 Å². The van der Waals surface area contributed by atoms with E-state index in [-0.39, 0.29) is 31.4 Å². The van der Waals surface area contributed by atoms with Crippen LogP contribution in [-0.4, -0.2) is 49.2 Å². The largest absolute Gasteiger partial charge is 0.411 e. The first-order valence-electron chi connectivity index (χ1n) is 8.00. The molecule has 1 fully saturated rings. The van der Waals surface area contributed by atoms with Crippen molar-refractivity contribution in [3.05, 3.63) is 35.4 Å². The fraction of sp³-hybridized carbons (Fsp3) is 0.529. The first-order chi connectivity index (χ1) is 11.7. The smallest absolute Gasteiger partial charge is 0.370 e. The monoisotopic (exact) mass is 358 g/mol. The van der Waals surface area contributed by atoms with E-state index in [2.05, 4.69) is 10.1 Å². The van der Waals surface area contributed by atoms with Crippen LogP contribution < -0.4 is 5.32 Å². The predicted octanol–water partition coefficient (Wildman–Crippen LogP) is 2.04. The van der Waals surface area contributed by atoms with E-state index in [4.69, 9.17) is 0 Å². The highest BCUT2D eigenvalue weighted by Crippen LogP contribution is 2.20. The maximum absolute atomic E-state index is 12.0. The van der Waals surface area contributed by atoms with E-state index in [0.717, 1.165) is 11.1 Å². The van der Waals surface area contributed by atoms with E-state index in [1.54, 1.807) is 4.90 Å². The standard InChI is InChI=1S/C17H21F3N2O3/c1-12-2-4-13(5-3-12)9-22-10-14(8-15(22)23)16(24)21-6-7-25-11-17(18,19)20/h2-5,14H,6-11H2,1H3,(H,21,24). The van der Waals surface area contributed by atoms with Gasteiger partial charge in [-0.25, -0.2) is 0 Å². The molecule has 0 radical (unpaired) electrons. The number of nitrogens with zero attached hydrogens (tertiary/aromatic N) is 1. The molecule has 138 valence electrons. The SMILES string of the molecule is Cc1ccc(CN2CC(C(=O)NCCOCC(F)(F)F)CC2=O)cc1. The second kappa shape index (κ2) is 8.33. The van der Waals surface area contributed by atoms with Gasteiger partial charge < -0.3 is 15.0 Å². The lowest BCUT2D eigenvalue weighted by atomic mass is 10.1. The third-order valence-corrected chi connectivity index (χ3v) is 3.89. The minimum atomic E-state index is -4.38. The molecule has 1 aromatic rings. The minimum absolute atomic E-state index is 0.0163. The van der Waals surface area contributed by atoms with Crippen molar-refractivity contribution in [2.24, 2.45) is 5.92 Å². The van der Waals surface area contributed by atoms with Crippen LogP contribution in [0.2, 0.25) is 0 Å². The number of hydrogen-bond donors (Lipinski definition) is 1. The molecule has 1 heterocycles. The third-order valence-electron chi connectivity index (χ3n) is 3.89. The van der Waals surface area contributed by atoms with Crippen LogP contribution in [0.5, 0.6) is 0 Å². The third kappa shape index (κ3) is 6.38. The summed E-state index contributed by atoms with van der Waals surface area (Å²) in [5.41, 5.74) is 2.11. The van der Waals surface area contributed by atoms with Gasteiger partial charge in [0.1, 0.15) is 6.61 Å². The number of amides is 2. The van der Waals surface area contributed by atoms with Crippen molar-refractivity contribution in [3.8, 4) is 0 Å². The summed E-state index contributed by atoms with van der Waals surface area (Å²) in [5.74, 6) is -0.926. The molecule has 2 amide bonds. The molecule has 0 saturated carbocycles.